The summed E-state index contributed by atoms with van der Waals surface area (Å²) in [6.07, 6.45) is 2.15. The lowest BCUT2D eigenvalue weighted by Crippen LogP contribution is -2.26. The molecule has 1 heterocycles. The number of rotatable bonds is 7. The number of carbonyl (C=O) groups excluding carboxylic acids is 1. The van der Waals surface area contributed by atoms with E-state index in [2.05, 4.69) is 15.5 Å². The van der Waals surface area contributed by atoms with Gasteiger partial charge in [-0.3, -0.25) is 4.79 Å². The molecule has 0 radical (unpaired) electrons. The third-order valence-corrected chi connectivity index (χ3v) is 5.23. The molecule has 24 heavy (non-hydrogen) atoms. The zero-order valence-corrected chi connectivity index (χ0v) is 14.3. The largest absolute Gasteiger partial charge is 0.412 e. The number of amides is 1. The van der Waals surface area contributed by atoms with Crippen LogP contribution in [0.25, 0.3) is 0 Å². The number of halogens is 1. The van der Waals surface area contributed by atoms with Gasteiger partial charge in [0.05, 0.1) is 5.75 Å². The summed E-state index contributed by atoms with van der Waals surface area (Å²) < 4.78 is 29.8. The minimum Gasteiger partial charge on any atom is -0.412 e. The van der Waals surface area contributed by atoms with E-state index in [1.54, 1.807) is 24.3 Å². The predicted octanol–water partition coefficient (Wildman–Crippen LogP) is 1.77. The van der Waals surface area contributed by atoms with Crippen molar-refractivity contribution in [2.45, 2.75) is 30.2 Å². The third-order valence-electron chi connectivity index (χ3n) is 3.57. The van der Waals surface area contributed by atoms with Crippen LogP contribution in [-0.4, -0.2) is 31.1 Å². The zero-order chi connectivity index (χ0) is 17.2. The monoisotopic (exact) mass is 369 g/mol. The van der Waals surface area contributed by atoms with E-state index in [0.29, 0.717) is 23.6 Å². The van der Waals surface area contributed by atoms with E-state index in [4.69, 9.17) is 16.0 Å². The van der Waals surface area contributed by atoms with Crippen molar-refractivity contribution in [2.75, 3.05) is 6.54 Å². The molecule has 9 heteroatoms. The zero-order valence-electron chi connectivity index (χ0n) is 12.7. The molecule has 1 fully saturated rings. The van der Waals surface area contributed by atoms with Gasteiger partial charge in [-0.05, 0) is 30.5 Å². The first-order valence-corrected chi connectivity index (χ1v) is 9.54. The molecule has 1 aromatic heterocycles. The van der Waals surface area contributed by atoms with Gasteiger partial charge < -0.3 is 9.73 Å². The molecular weight excluding hydrogens is 354 g/mol. The molecule has 128 valence electrons. The Labute approximate surface area is 144 Å². The van der Waals surface area contributed by atoms with Crippen molar-refractivity contribution in [3.8, 4) is 0 Å². The van der Waals surface area contributed by atoms with E-state index < -0.39 is 15.1 Å². The van der Waals surface area contributed by atoms with Crippen LogP contribution < -0.4 is 5.32 Å². The first kappa shape index (κ1) is 16.9. The summed E-state index contributed by atoms with van der Waals surface area (Å²) in [6, 6.07) is 6.50. The number of aromatic nitrogens is 2. The Bertz CT molecular complexity index is 829. The van der Waals surface area contributed by atoms with Crippen LogP contribution in [0.1, 0.15) is 24.3 Å². The Morgan fingerprint density at radius 3 is 2.62 bits per heavy atom. The summed E-state index contributed by atoms with van der Waals surface area (Å²) in [6.45, 7) is 0.341. The van der Waals surface area contributed by atoms with Gasteiger partial charge in [-0.15, -0.1) is 5.10 Å². The maximum absolute atomic E-state index is 12.3. The molecule has 1 aliphatic rings. The van der Waals surface area contributed by atoms with Gasteiger partial charge in [-0.1, -0.05) is 28.8 Å². The summed E-state index contributed by atoms with van der Waals surface area (Å²) in [7, 11) is -3.72. The number of sulfone groups is 1. The van der Waals surface area contributed by atoms with E-state index in [1.807, 2.05) is 0 Å². The Balaban J connectivity index is 1.58. The van der Waals surface area contributed by atoms with Crippen LogP contribution in [0.2, 0.25) is 5.02 Å². The van der Waals surface area contributed by atoms with Crippen LogP contribution in [0, 0.1) is 5.92 Å². The molecule has 0 bridgehead atoms. The van der Waals surface area contributed by atoms with Crippen LogP contribution in [0.3, 0.4) is 0 Å². The van der Waals surface area contributed by atoms with Crippen molar-refractivity contribution in [3.05, 3.63) is 40.7 Å². The number of carbonyl (C=O) groups is 1. The molecule has 0 aliphatic heterocycles. The van der Waals surface area contributed by atoms with E-state index >= 15 is 0 Å². The number of hydrogen-bond donors (Lipinski definition) is 1. The van der Waals surface area contributed by atoms with Crippen molar-refractivity contribution in [1.82, 2.24) is 15.5 Å². The van der Waals surface area contributed by atoms with E-state index in [-0.39, 0.29) is 23.5 Å². The Morgan fingerprint density at radius 1 is 1.25 bits per heavy atom. The fourth-order valence-electron chi connectivity index (χ4n) is 2.11. The molecule has 1 N–H and O–H groups in total. The van der Waals surface area contributed by atoms with Gasteiger partial charge in [-0.2, -0.15) is 0 Å². The van der Waals surface area contributed by atoms with Crippen molar-refractivity contribution in [2.24, 2.45) is 5.92 Å². The van der Waals surface area contributed by atoms with Gasteiger partial charge in [0.1, 0.15) is 0 Å². The first-order valence-electron chi connectivity index (χ1n) is 7.51. The van der Waals surface area contributed by atoms with E-state index in [9.17, 15) is 13.2 Å². The number of benzene rings is 1. The second-order valence-electron chi connectivity index (χ2n) is 5.66. The topological polar surface area (TPSA) is 102 Å². The summed E-state index contributed by atoms with van der Waals surface area (Å²) in [5, 5.41) is 10.2. The highest BCUT2D eigenvalue weighted by Gasteiger charge is 2.29. The molecule has 0 saturated heterocycles. The third kappa shape index (κ3) is 4.33. The highest BCUT2D eigenvalue weighted by atomic mass is 35.5. The number of nitrogens with zero attached hydrogens (tertiary/aromatic N) is 2. The second kappa shape index (κ2) is 6.90. The quantitative estimate of drug-likeness (QED) is 0.797. The Morgan fingerprint density at radius 2 is 1.96 bits per heavy atom. The molecular formula is C15H16ClN3O4S. The maximum atomic E-state index is 12.3. The van der Waals surface area contributed by atoms with Gasteiger partial charge in [0.25, 0.3) is 0 Å². The second-order valence-corrected chi connectivity index (χ2v) is 7.97. The van der Waals surface area contributed by atoms with Crippen molar-refractivity contribution >= 4 is 27.3 Å². The highest BCUT2D eigenvalue weighted by molar-refractivity contribution is 7.90. The van der Waals surface area contributed by atoms with Gasteiger partial charge in [0.15, 0.2) is 0 Å². The van der Waals surface area contributed by atoms with E-state index in [1.165, 1.54) is 0 Å². The van der Waals surface area contributed by atoms with Crippen LogP contribution >= 0.6 is 11.6 Å². The van der Waals surface area contributed by atoms with Crippen molar-refractivity contribution in [3.63, 3.8) is 0 Å². The fraction of sp³-hybridized carbons (Fsp3) is 0.400. The van der Waals surface area contributed by atoms with Crippen LogP contribution in [-0.2, 0) is 26.8 Å². The van der Waals surface area contributed by atoms with Crippen LogP contribution in [0.5, 0.6) is 0 Å². The minimum absolute atomic E-state index is 0.0186. The van der Waals surface area contributed by atoms with Gasteiger partial charge in [0, 0.05) is 23.9 Å². The highest BCUT2D eigenvalue weighted by Crippen LogP contribution is 2.28. The van der Waals surface area contributed by atoms with Gasteiger partial charge in [0.2, 0.25) is 21.6 Å². The summed E-state index contributed by atoms with van der Waals surface area (Å²) in [4.78, 5) is 11.5. The Hall–Kier alpha value is -1.93. The number of nitrogens with one attached hydrogen (secondary N) is 1. The SMILES string of the molecule is O=C(NCCc1nnc(S(=O)(=O)Cc2ccc(Cl)cc2)o1)C1CC1. The summed E-state index contributed by atoms with van der Waals surface area (Å²) >= 11 is 5.78. The smallest absolute Gasteiger partial charge is 0.335 e. The fourth-order valence-corrected chi connectivity index (χ4v) is 3.38. The Kier molecular flexibility index (Phi) is 4.86. The van der Waals surface area contributed by atoms with Gasteiger partial charge >= 0.3 is 5.22 Å². The minimum atomic E-state index is -3.72. The average molecular weight is 370 g/mol. The summed E-state index contributed by atoms with van der Waals surface area (Å²) in [5.41, 5.74) is 0.579. The molecule has 0 atom stereocenters. The lowest BCUT2D eigenvalue weighted by molar-refractivity contribution is -0.122. The molecule has 0 unspecified atom stereocenters. The van der Waals surface area contributed by atoms with Crippen molar-refractivity contribution in [1.29, 1.82) is 0 Å². The molecule has 7 nitrogen and oxygen atoms in total. The molecule has 3 rings (SSSR count). The normalized spacial score (nSPS) is 14.5. The maximum Gasteiger partial charge on any atom is 0.335 e. The van der Waals surface area contributed by atoms with Crippen molar-refractivity contribution < 1.29 is 17.6 Å². The molecule has 2 aromatic rings. The predicted molar refractivity (Wildman–Crippen MR) is 86.1 cm³/mol. The molecule has 0 spiro atoms. The summed E-state index contributed by atoms with van der Waals surface area (Å²) in [5.74, 6) is 0.0818. The lowest BCUT2D eigenvalue weighted by atomic mass is 10.2. The lowest BCUT2D eigenvalue weighted by Gasteiger charge is -2.01. The number of hydrogen-bond acceptors (Lipinski definition) is 6. The van der Waals surface area contributed by atoms with Gasteiger partial charge in [-0.25, -0.2) is 8.42 Å². The van der Waals surface area contributed by atoms with Crippen LogP contribution in [0.15, 0.2) is 33.9 Å². The van der Waals surface area contributed by atoms with E-state index in [0.717, 1.165) is 12.8 Å². The molecule has 1 aromatic carbocycles. The average Bonchev–Trinajstić information content (AvgIpc) is 3.28. The molecule has 1 aliphatic carbocycles. The van der Waals surface area contributed by atoms with Crippen LogP contribution in [0.4, 0.5) is 0 Å². The molecule has 1 amide bonds. The standard InChI is InChI=1S/C15H16ClN3O4S/c16-12-5-1-10(2-6-12)9-24(21,22)15-19-18-13(23-15)7-8-17-14(20)11-3-4-11/h1-2,5-6,11H,3-4,7-9H2,(H,17,20). The molecule has 1 saturated carbocycles. The first-order chi connectivity index (χ1) is 11.4.